The number of nitriles is 1. The van der Waals surface area contributed by atoms with Crippen LogP contribution in [0, 0.1) is 17.1 Å². The third kappa shape index (κ3) is 5.35. The first-order valence-electron chi connectivity index (χ1n) is 8.83. The van der Waals surface area contributed by atoms with E-state index in [1.807, 2.05) is 0 Å². The molecule has 10 nitrogen and oxygen atoms in total. The standard InChI is InChI=1S/C19H15BrFN7O3S/c20-13-10-24-19(26-11-4-6-12(7-5-11)32(30,31)25-9-8-22)28-18(13)27-15-3-1-2-14(21)16(15)17(23)29/h1-7,10,25H,9H2,(H2,23,29)(H2,24,26,27,28). The van der Waals surface area contributed by atoms with Crippen molar-refractivity contribution in [3.8, 4) is 6.07 Å². The number of rotatable bonds is 8. The number of halogens is 2. The van der Waals surface area contributed by atoms with Crippen molar-refractivity contribution in [2.45, 2.75) is 4.90 Å². The average molecular weight is 520 g/mol. The number of hydrogen-bond acceptors (Lipinski definition) is 8. The van der Waals surface area contributed by atoms with E-state index in [0.29, 0.717) is 10.2 Å². The molecule has 3 aromatic rings. The van der Waals surface area contributed by atoms with Gasteiger partial charge < -0.3 is 16.4 Å². The van der Waals surface area contributed by atoms with Gasteiger partial charge in [-0.2, -0.15) is 15.0 Å². The number of amides is 1. The van der Waals surface area contributed by atoms with Gasteiger partial charge in [0.25, 0.3) is 5.91 Å². The van der Waals surface area contributed by atoms with Crippen molar-refractivity contribution in [3.63, 3.8) is 0 Å². The molecule has 0 unspecified atom stereocenters. The first kappa shape index (κ1) is 23.1. The predicted octanol–water partition coefficient (Wildman–Crippen LogP) is 2.77. The van der Waals surface area contributed by atoms with Crippen molar-refractivity contribution in [2.75, 3.05) is 17.2 Å². The van der Waals surface area contributed by atoms with Gasteiger partial charge in [-0.3, -0.25) is 4.79 Å². The molecule has 1 aromatic heterocycles. The highest BCUT2D eigenvalue weighted by Crippen LogP contribution is 2.28. The average Bonchev–Trinajstić information content (AvgIpc) is 2.75. The van der Waals surface area contributed by atoms with Gasteiger partial charge in [0.15, 0.2) is 0 Å². The Balaban J connectivity index is 1.82. The molecule has 0 fully saturated rings. The molecule has 32 heavy (non-hydrogen) atoms. The Bertz CT molecular complexity index is 1310. The summed E-state index contributed by atoms with van der Waals surface area (Å²) in [6.07, 6.45) is 1.44. The van der Waals surface area contributed by atoms with Crippen molar-refractivity contribution in [3.05, 3.63) is 64.5 Å². The van der Waals surface area contributed by atoms with Crippen LogP contribution in [0.4, 0.5) is 27.5 Å². The van der Waals surface area contributed by atoms with Crippen molar-refractivity contribution in [1.29, 1.82) is 5.26 Å². The van der Waals surface area contributed by atoms with E-state index in [2.05, 4.69) is 41.3 Å². The quantitative estimate of drug-likeness (QED) is 0.330. The smallest absolute Gasteiger partial charge is 0.253 e. The second kappa shape index (κ2) is 9.69. The lowest BCUT2D eigenvalue weighted by atomic mass is 10.1. The fraction of sp³-hybridized carbons (Fsp3) is 0.0526. The van der Waals surface area contributed by atoms with E-state index >= 15 is 0 Å². The van der Waals surface area contributed by atoms with Gasteiger partial charge in [-0.1, -0.05) is 6.07 Å². The fourth-order valence-electron chi connectivity index (χ4n) is 2.58. The van der Waals surface area contributed by atoms with E-state index in [9.17, 15) is 17.6 Å². The Morgan fingerprint density at radius 2 is 1.91 bits per heavy atom. The second-order valence-corrected chi connectivity index (χ2v) is 8.80. The zero-order valence-corrected chi connectivity index (χ0v) is 18.5. The minimum absolute atomic E-state index is 0.0116. The second-order valence-electron chi connectivity index (χ2n) is 6.17. The Kier molecular flexibility index (Phi) is 6.98. The third-order valence-corrected chi connectivity index (χ3v) is 6.02. The highest BCUT2D eigenvalue weighted by atomic mass is 79.9. The van der Waals surface area contributed by atoms with E-state index in [1.165, 1.54) is 42.6 Å². The number of nitrogens with one attached hydrogen (secondary N) is 3. The number of aromatic nitrogens is 2. The number of primary amides is 1. The molecular weight excluding hydrogens is 505 g/mol. The lowest BCUT2D eigenvalue weighted by molar-refractivity contribution is 0.0997. The molecule has 0 saturated carbocycles. The Hall–Kier alpha value is -3.60. The molecule has 1 amide bonds. The normalized spacial score (nSPS) is 10.9. The minimum atomic E-state index is -3.79. The summed E-state index contributed by atoms with van der Waals surface area (Å²) in [5, 5.41) is 14.3. The summed E-state index contributed by atoms with van der Waals surface area (Å²) < 4.78 is 40.6. The van der Waals surface area contributed by atoms with Gasteiger partial charge in [0.2, 0.25) is 16.0 Å². The number of carbonyl (C=O) groups excluding carboxylic acids is 1. The summed E-state index contributed by atoms with van der Waals surface area (Å²) in [7, 11) is -3.79. The lowest BCUT2D eigenvalue weighted by Crippen LogP contribution is -2.23. The van der Waals surface area contributed by atoms with Crippen LogP contribution in [0.3, 0.4) is 0 Å². The Morgan fingerprint density at radius 1 is 1.19 bits per heavy atom. The number of anilines is 4. The number of benzene rings is 2. The van der Waals surface area contributed by atoms with E-state index in [4.69, 9.17) is 11.0 Å². The number of carbonyl (C=O) groups is 1. The molecule has 1 heterocycles. The van der Waals surface area contributed by atoms with Crippen LogP contribution < -0.4 is 21.1 Å². The summed E-state index contributed by atoms with van der Waals surface area (Å²) in [6, 6.07) is 11.4. The van der Waals surface area contributed by atoms with Crippen LogP contribution in [0.15, 0.2) is 58.0 Å². The lowest BCUT2D eigenvalue weighted by Gasteiger charge is -2.13. The van der Waals surface area contributed by atoms with Gasteiger partial charge in [0.1, 0.15) is 11.6 Å². The molecule has 0 spiro atoms. The van der Waals surface area contributed by atoms with Gasteiger partial charge in [-0.15, -0.1) is 0 Å². The summed E-state index contributed by atoms with van der Waals surface area (Å²) in [4.78, 5) is 20.0. The molecule has 0 saturated heterocycles. The number of nitrogens with two attached hydrogens (primary N) is 1. The van der Waals surface area contributed by atoms with Gasteiger partial charge in [0, 0.05) is 11.9 Å². The first-order valence-corrected chi connectivity index (χ1v) is 11.1. The van der Waals surface area contributed by atoms with E-state index in [1.54, 1.807) is 6.07 Å². The largest absolute Gasteiger partial charge is 0.365 e. The topological polar surface area (TPSA) is 163 Å². The number of nitrogens with zero attached hydrogens (tertiary/aromatic N) is 3. The molecule has 0 bridgehead atoms. The van der Waals surface area contributed by atoms with E-state index in [0.717, 1.165) is 6.07 Å². The maximum absolute atomic E-state index is 14.0. The SMILES string of the molecule is N#CCNS(=O)(=O)c1ccc(Nc2ncc(Br)c(Nc3cccc(F)c3C(N)=O)n2)cc1. The zero-order valence-electron chi connectivity index (χ0n) is 16.1. The molecule has 0 aliphatic rings. The van der Waals surface area contributed by atoms with Crippen LogP contribution in [0.25, 0.3) is 0 Å². The van der Waals surface area contributed by atoms with Crippen molar-refractivity contribution in [1.82, 2.24) is 14.7 Å². The molecule has 0 aliphatic heterocycles. The Labute approximate surface area is 190 Å². The molecule has 3 rings (SSSR count). The Morgan fingerprint density at radius 3 is 2.56 bits per heavy atom. The van der Waals surface area contributed by atoms with Crippen molar-refractivity contribution < 1.29 is 17.6 Å². The van der Waals surface area contributed by atoms with E-state index in [-0.39, 0.29) is 34.5 Å². The highest BCUT2D eigenvalue weighted by Gasteiger charge is 2.16. The monoisotopic (exact) mass is 519 g/mol. The van der Waals surface area contributed by atoms with Crippen LogP contribution in [-0.2, 0) is 10.0 Å². The van der Waals surface area contributed by atoms with Crippen molar-refractivity contribution in [2.24, 2.45) is 5.73 Å². The van der Waals surface area contributed by atoms with Crippen LogP contribution in [0.2, 0.25) is 0 Å². The first-order chi connectivity index (χ1) is 15.2. The minimum Gasteiger partial charge on any atom is -0.365 e. The molecule has 5 N–H and O–H groups in total. The molecule has 164 valence electrons. The molecule has 0 atom stereocenters. The van der Waals surface area contributed by atoms with Gasteiger partial charge >= 0.3 is 0 Å². The molecular formula is C19H15BrFN7O3S. The number of hydrogen-bond donors (Lipinski definition) is 4. The predicted molar refractivity (Wildman–Crippen MR) is 118 cm³/mol. The highest BCUT2D eigenvalue weighted by molar-refractivity contribution is 9.10. The van der Waals surface area contributed by atoms with Gasteiger partial charge in [0.05, 0.1) is 33.2 Å². The third-order valence-electron chi connectivity index (χ3n) is 4.02. The maximum atomic E-state index is 14.0. The summed E-state index contributed by atoms with van der Waals surface area (Å²) in [5.74, 6) is -1.33. The molecule has 13 heteroatoms. The van der Waals surface area contributed by atoms with Crippen LogP contribution in [0.5, 0.6) is 0 Å². The van der Waals surface area contributed by atoms with Crippen LogP contribution in [0.1, 0.15) is 10.4 Å². The zero-order chi connectivity index (χ0) is 23.3. The number of sulfonamides is 1. The fourth-order valence-corrected chi connectivity index (χ4v) is 3.78. The molecule has 0 aliphatic carbocycles. The van der Waals surface area contributed by atoms with Crippen LogP contribution in [-0.4, -0.2) is 30.8 Å². The van der Waals surface area contributed by atoms with Gasteiger partial charge in [-0.25, -0.2) is 17.8 Å². The van der Waals surface area contributed by atoms with Crippen molar-refractivity contribution >= 4 is 55.0 Å². The van der Waals surface area contributed by atoms with Crippen LogP contribution >= 0.6 is 15.9 Å². The summed E-state index contributed by atoms with van der Waals surface area (Å²) >= 11 is 3.28. The molecule has 0 radical (unpaired) electrons. The molecule has 2 aromatic carbocycles. The summed E-state index contributed by atoms with van der Waals surface area (Å²) in [5.41, 5.74) is 5.57. The van der Waals surface area contributed by atoms with E-state index < -0.39 is 21.7 Å². The van der Waals surface area contributed by atoms with Gasteiger partial charge in [-0.05, 0) is 52.3 Å². The maximum Gasteiger partial charge on any atom is 0.253 e. The summed E-state index contributed by atoms with van der Waals surface area (Å²) in [6.45, 7) is -0.340.